The summed E-state index contributed by atoms with van der Waals surface area (Å²) in [5.74, 6) is 1.29. The maximum atomic E-state index is 13.2. The van der Waals surface area contributed by atoms with Crippen molar-refractivity contribution < 1.29 is 9.53 Å². The molecule has 1 amide bonds. The maximum Gasteiger partial charge on any atom is 0.256 e. The Balaban J connectivity index is 1.42. The van der Waals surface area contributed by atoms with Gasteiger partial charge in [-0.25, -0.2) is 0 Å². The fourth-order valence-corrected chi connectivity index (χ4v) is 4.34. The molecule has 4 heteroatoms. The molecule has 26 heavy (non-hydrogen) atoms. The molecule has 0 bridgehead atoms. The largest absolute Gasteiger partial charge is 0.360 e. The molecule has 1 unspecified atom stereocenters. The first-order valence-corrected chi connectivity index (χ1v) is 10.3. The Hall–Kier alpha value is -1.39. The fourth-order valence-electron chi connectivity index (χ4n) is 4.34. The molecule has 142 valence electrons. The molecule has 0 radical (unpaired) electrons. The first-order chi connectivity index (χ1) is 12.6. The predicted molar refractivity (Wildman–Crippen MR) is 104 cm³/mol. The molecule has 1 spiro atoms. The van der Waals surface area contributed by atoms with Gasteiger partial charge in [-0.1, -0.05) is 32.0 Å². The van der Waals surface area contributed by atoms with E-state index >= 15 is 0 Å². The summed E-state index contributed by atoms with van der Waals surface area (Å²) in [5.41, 5.74) is 0.954. The molecule has 3 fully saturated rings. The number of amides is 1. The van der Waals surface area contributed by atoms with Crippen LogP contribution < -0.4 is 4.90 Å². The molecule has 2 aliphatic heterocycles. The Kier molecular flexibility index (Phi) is 5.07. The first-order valence-electron chi connectivity index (χ1n) is 10.3. The van der Waals surface area contributed by atoms with Gasteiger partial charge in [0, 0.05) is 5.69 Å². The monoisotopic (exact) mass is 356 g/mol. The summed E-state index contributed by atoms with van der Waals surface area (Å²) < 4.78 is 6.41. The van der Waals surface area contributed by atoms with Gasteiger partial charge in [-0.2, -0.15) is 0 Å². The summed E-state index contributed by atoms with van der Waals surface area (Å²) >= 11 is 0. The average molecular weight is 357 g/mol. The predicted octanol–water partition coefficient (Wildman–Crippen LogP) is 3.71. The molecule has 0 N–H and O–H groups in total. The minimum absolute atomic E-state index is 0.0663. The summed E-state index contributed by atoms with van der Waals surface area (Å²) in [4.78, 5) is 17.8. The molecule has 1 saturated carbocycles. The number of rotatable bonds is 5. The van der Waals surface area contributed by atoms with Crippen molar-refractivity contribution in [2.75, 3.05) is 31.1 Å². The summed E-state index contributed by atoms with van der Waals surface area (Å²) in [6.45, 7) is 8.68. The number of carbonyl (C=O) groups excluding carboxylic acids is 1. The van der Waals surface area contributed by atoms with Crippen LogP contribution in [0, 0.1) is 11.8 Å². The number of hydrogen-bond acceptors (Lipinski definition) is 3. The fraction of sp³-hybridized carbons (Fsp3) is 0.682. The number of piperidine rings is 1. The number of hydrogen-bond donors (Lipinski definition) is 0. The van der Waals surface area contributed by atoms with Crippen LogP contribution in [0.2, 0.25) is 0 Å². The molecule has 3 aliphatic rings. The quantitative estimate of drug-likeness (QED) is 0.806. The van der Waals surface area contributed by atoms with Crippen LogP contribution in [0.4, 0.5) is 5.69 Å². The van der Waals surface area contributed by atoms with E-state index in [1.165, 1.54) is 13.0 Å². The van der Waals surface area contributed by atoms with E-state index in [1.807, 2.05) is 35.2 Å². The smallest absolute Gasteiger partial charge is 0.256 e. The summed E-state index contributed by atoms with van der Waals surface area (Å²) in [5, 5.41) is 0. The van der Waals surface area contributed by atoms with Gasteiger partial charge in [0.05, 0.1) is 12.1 Å². The Morgan fingerprint density at radius 2 is 1.85 bits per heavy atom. The Morgan fingerprint density at radius 1 is 1.15 bits per heavy atom. The van der Waals surface area contributed by atoms with Crippen molar-refractivity contribution in [3.8, 4) is 0 Å². The minimum Gasteiger partial charge on any atom is -0.360 e. The van der Waals surface area contributed by atoms with Crippen LogP contribution in [-0.2, 0) is 9.53 Å². The van der Waals surface area contributed by atoms with E-state index in [0.717, 1.165) is 56.9 Å². The van der Waals surface area contributed by atoms with Gasteiger partial charge < -0.3 is 14.5 Å². The van der Waals surface area contributed by atoms with Gasteiger partial charge in [0.1, 0.15) is 6.10 Å². The van der Waals surface area contributed by atoms with E-state index < -0.39 is 0 Å². The van der Waals surface area contributed by atoms with Crippen LogP contribution in [0.15, 0.2) is 30.3 Å². The summed E-state index contributed by atoms with van der Waals surface area (Å²) in [7, 11) is 0. The number of ether oxygens (including phenoxy) is 1. The Bertz CT molecular complexity index is 618. The highest BCUT2D eigenvalue weighted by molar-refractivity contribution is 5.97. The first kappa shape index (κ1) is 18.0. The van der Waals surface area contributed by atoms with E-state index in [0.29, 0.717) is 5.92 Å². The lowest BCUT2D eigenvalue weighted by molar-refractivity contribution is -0.151. The molecule has 2 heterocycles. The molecule has 1 aromatic rings. The molecule has 1 aliphatic carbocycles. The van der Waals surface area contributed by atoms with Crippen LogP contribution in [0.25, 0.3) is 0 Å². The normalized spacial score (nSPS) is 26.7. The highest BCUT2D eigenvalue weighted by Gasteiger charge is 2.55. The Labute approximate surface area is 157 Å². The number of nitrogens with zero attached hydrogens (tertiary/aromatic N) is 2. The average Bonchev–Trinajstić information content (AvgIpc) is 3.42. The van der Waals surface area contributed by atoms with Gasteiger partial charge in [0.2, 0.25) is 0 Å². The third kappa shape index (κ3) is 3.81. The van der Waals surface area contributed by atoms with Crippen molar-refractivity contribution in [3.05, 3.63) is 30.3 Å². The molecule has 2 saturated heterocycles. The van der Waals surface area contributed by atoms with Crippen molar-refractivity contribution in [3.63, 3.8) is 0 Å². The molecular formula is C22H32N2O2. The van der Waals surface area contributed by atoms with Crippen LogP contribution in [0.1, 0.15) is 46.0 Å². The molecule has 0 aromatic heterocycles. The summed E-state index contributed by atoms with van der Waals surface area (Å²) in [6.07, 6.45) is 5.34. The van der Waals surface area contributed by atoms with E-state index in [4.69, 9.17) is 4.74 Å². The van der Waals surface area contributed by atoms with Gasteiger partial charge in [-0.15, -0.1) is 0 Å². The SMILES string of the molecule is CC(C)CCN1CCC(C2OC3(CC3)CN(c3ccccc3)C2=O)CC1. The molecule has 4 nitrogen and oxygen atoms in total. The van der Waals surface area contributed by atoms with Crippen molar-refractivity contribution in [1.29, 1.82) is 0 Å². The molecule has 1 aromatic carbocycles. The van der Waals surface area contributed by atoms with Crippen LogP contribution in [-0.4, -0.2) is 48.7 Å². The highest BCUT2D eigenvalue weighted by Crippen LogP contribution is 2.46. The third-order valence-electron chi connectivity index (χ3n) is 6.29. The number of para-hydroxylation sites is 1. The van der Waals surface area contributed by atoms with Crippen LogP contribution >= 0.6 is 0 Å². The van der Waals surface area contributed by atoms with E-state index in [2.05, 4.69) is 18.7 Å². The zero-order valence-corrected chi connectivity index (χ0v) is 16.2. The van der Waals surface area contributed by atoms with Crippen molar-refractivity contribution >= 4 is 11.6 Å². The van der Waals surface area contributed by atoms with E-state index in [1.54, 1.807) is 0 Å². The molecular weight excluding hydrogens is 324 g/mol. The molecule has 1 atom stereocenters. The summed E-state index contributed by atoms with van der Waals surface area (Å²) in [6, 6.07) is 10.1. The highest BCUT2D eigenvalue weighted by atomic mass is 16.5. The van der Waals surface area contributed by atoms with E-state index in [9.17, 15) is 4.79 Å². The number of anilines is 1. The van der Waals surface area contributed by atoms with Gasteiger partial charge in [-0.3, -0.25) is 4.79 Å². The van der Waals surface area contributed by atoms with Gasteiger partial charge in [-0.05, 0) is 75.7 Å². The topological polar surface area (TPSA) is 32.8 Å². The molecule has 4 rings (SSSR count). The lowest BCUT2D eigenvalue weighted by atomic mass is 9.88. The van der Waals surface area contributed by atoms with Crippen molar-refractivity contribution in [2.45, 2.75) is 57.7 Å². The van der Waals surface area contributed by atoms with Crippen molar-refractivity contribution in [1.82, 2.24) is 4.90 Å². The number of benzene rings is 1. The number of morpholine rings is 1. The number of likely N-dealkylation sites (tertiary alicyclic amines) is 1. The van der Waals surface area contributed by atoms with Gasteiger partial charge in [0.15, 0.2) is 0 Å². The lowest BCUT2D eigenvalue weighted by Gasteiger charge is -2.43. The third-order valence-corrected chi connectivity index (χ3v) is 6.29. The number of carbonyl (C=O) groups is 1. The second kappa shape index (κ2) is 7.32. The second-order valence-electron chi connectivity index (χ2n) is 8.84. The van der Waals surface area contributed by atoms with Crippen LogP contribution in [0.3, 0.4) is 0 Å². The standard InChI is InChI=1S/C22H32N2O2/c1-17(2)8-13-23-14-9-18(10-15-23)20-21(25)24(16-22(26-20)11-12-22)19-6-4-3-5-7-19/h3-7,17-18,20H,8-16H2,1-2H3. The van der Waals surface area contributed by atoms with Crippen molar-refractivity contribution in [2.24, 2.45) is 11.8 Å². The van der Waals surface area contributed by atoms with E-state index in [-0.39, 0.29) is 17.6 Å². The minimum atomic E-state index is -0.251. The van der Waals surface area contributed by atoms with Gasteiger partial charge in [0.25, 0.3) is 5.91 Å². The van der Waals surface area contributed by atoms with Crippen LogP contribution in [0.5, 0.6) is 0 Å². The zero-order valence-electron chi connectivity index (χ0n) is 16.2. The lowest BCUT2D eigenvalue weighted by Crippen LogP contribution is -2.57. The zero-order chi connectivity index (χ0) is 18.1. The second-order valence-corrected chi connectivity index (χ2v) is 8.84. The van der Waals surface area contributed by atoms with Gasteiger partial charge >= 0.3 is 0 Å². The Morgan fingerprint density at radius 3 is 2.46 bits per heavy atom. The maximum absolute atomic E-state index is 13.2.